The van der Waals surface area contributed by atoms with E-state index >= 15 is 0 Å². The number of carbonyl (C=O) groups is 1. The number of thiophene rings is 1. The second-order valence-electron chi connectivity index (χ2n) is 3.81. The van der Waals surface area contributed by atoms with Crippen LogP contribution in [0.25, 0.3) is 0 Å². The summed E-state index contributed by atoms with van der Waals surface area (Å²) in [6, 6.07) is 9.19. The van der Waals surface area contributed by atoms with Gasteiger partial charge in [-0.15, -0.1) is 11.3 Å². The summed E-state index contributed by atoms with van der Waals surface area (Å²) in [6.45, 7) is 0.701. The van der Waals surface area contributed by atoms with E-state index in [1.807, 2.05) is 17.5 Å². The summed E-state index contributed by atoms with van der Waals surface area (Å²) < 4.78 is 0. The molecule has 19 heavy (non-hydrogen) atoms. The van der Waals surface area contributed by atoms with E-state index in [4.69, 9.17) is 23.2 Å². The Kier molecular flexibility index (Phi) is 5.07. The number of benzene rings is 1. The number of amides is 1. The van der Waals surface area contributed by atoms with Gasteiger partial charge in [-0.25, -0.2) is 0 Å². The number of halogens is 2. The highest BCUT2D eigenvalue weighted by Gasteiger charge is 2.06. The van der Waals surface area contributed by atoms with E-state index in [0.717, 1.165) is 4.88 Å². The first-order valence-electron chi connectivity index (χ1n) is 5.64. The lowest BCUT2D eigenvalue weighted by molar-refractivity contribution is -0.119. The number of hydrogen-bond acceptors (Lipinski definition) is 3. The summed E-state index contributed by atoms with van der Waals surface area (Å²) in [5.74, 6) is -0.0931. The Hall–Kier alpha value is -1.23. The molecule has 0 radical (unpaired) electrons. The van der Waals surface area contributed by atoms with Crippen LogP contribution in [0.15, 0.2) is 35.7 Å². The van der Waals surface area contributed by atoms with Gasteiger partial charge in [0.25, 0.3) is 0 Å². The predicted octanol–water partition coefficient (Wildman–Crippen LogP) is 3.78. The van der Waals surface area contributed by atoms with Crippen molar-refractivity contribution in [1.82, 2.24) is 5.32 Å². The van der Waals surface area contributed by atoms with Gasteiger partial charge < -0.3 is 10.6 Å². The van der Waals surface area contributed by atoms with Crippen LogP contribution in [-0.4, -0.2) is 12.5 Å². The molecule has 0 bridgehead atoms. The molecule has 1 aromatic heterocycles. The molecular weight excluding hydrogens is 303 g/mol. The fourth-order valence-electron chi connectivity index (χ4n) is 1.48. The fourth-order valence-corrected chi connectivity index (χ4v) is 2.49. The van der Waals surface area contributed by atoms with Crippen LogP contribution >= 0.6 is 34.5 Å². The maximum atomic E-state index is 11.7. The number of hydrogen-bond donors (Lipinski definition) is 2. The van der Waals surface area contributed by atoms with Crippen molar-refractivity contribution in [1.29, 1.82) is 0 Å². The molecule has 1 heterocycles. The Morgan fingerprint density at radius 3 is 2.79 bits per heavy atom. The molecule has 6 heteroatoms. The van der Waals surface area contributed by atoms with Crippen LogP contribution in [-0.2, 0) is 11.3 Å². The molecule has 0 aliphatic carbocycles. The highest BCUT2D eigenvalue weighted by Crippen LogP contribution is 2.29. The number of carbonyl (C=O) groups excluding carboxylic acids is 1. The Labute approximate surface area is 125 Å². The number of nitrogens with one attached hydrogen (secondary N) is 2. The molecule has 2 aromatic rings. The second-order valence-corrected chi connectivity index (χ2v) is 5.63. The predicted molar refractivity (Wildman–Crippen MR) is 81.1 cm³/mol. The lowest BCUT2D eigenvalue weighted by atomic mass is 10.3. The van der Waals surface area contributed by atoms with Crippen LogP contribution in [0.4, 0.5) is 5.69 Å². The molecule has 0 aliphatic rings. The Morgan fingerprint density at radius 1 is 1.21 bits per heavy atom. The van der Waals surface area contributed by atoms with Gasteiger partial charge in [-0.05, 0) is 23.6 Å². The van der Waals surface area contributed by atoms with Crippen LogP contribution in [0.3, 0.4) is 0 Å². The zero-order valence-corrected chi connectivity index (χ0v) is 12.3. The van der Waals surface area contributed by atoms with Gasteiger partial charge in [-0.2, -0.15) is 0 Å². The van der Waals surface area contributed by atoms with Crippen molar-refractivity contribution in [3.05, 3.63) is 50.6 Å². The van der Waals surface area contributed by atoms with E-state index in [1.54, 1.807) is 29.5 Å². The molecule has 2 N–H and O–H groups in total. The molecule has 0 spiro atoms. The topological polar surface area (TPSA) is 41.1 Å². The Bertz CT molecular complexity index is 558. The van der Waals surface area contributed by atoms with Crippen molar-refractivity contribution < 1.29 is 4.79 Å². The van der Waals surface area contributed by atoms with Gasteiger partial charge in [0.05, 0.1) is 28.8 Å². The first-order valence-corrected chi connectivity index (χ1v) is 7.27. The summed E-state index contributed by atoms with van der Waals surface area (Å²) in [5.41, 5.74) is 0.653. The third-order valence-corrected chi connectivity index (χ3v) is 4.13. The molecule has 0 saturated heterocycles. The molecule has 100 valence electrons. The monoisotopic (exact) mass is 314 g/mol. The van der Waals surface area contributed by atoms with Crippen molar-refractivity contribution in [2.75, 3.05) is 11.9 Å². The van der Waals surface area contributed by atoms with Gasteiger partial charge >= 0.3 is 0 Å². The quantitative estimate of drug-likeness (QED) is 0.881. The third kappa shape index (κ3) is 4.13. The van der Waals surface area contributed by atoms with Crippen molar-refractivity contribution >= 4 is 46.1 Å². The molecule has 2 rings (SSSR count). The molecule has 3 nitrogen and oxygen atoms in total. The van der Waals surface area contributed by atoms with Gasteiger partial charge in [0.2, 0.25) is 5.91 Å². The van der Waals surface area contributed by atoms with Crippen molar-refractivity contribution in [2.24, 2.45) is 0 Å². The molecule has 1 amide bonds. The summed E-state index contributed by atoms with van der Waals surface area (Å²) in [6.07, 6.45) is 0. The lowest BCUT2D eigenvalue weighted by Gasteiger charge is -2.09. The van der Waals surface area contributed by atoms with Crippen LogP contribution in [0.5, 0.6) is 0 Å². The van der Waals surface area contributed by atoms with Gasteiger partial charge in [0.15, 0.2) is 0 Å². The molecular formula is C13H12Cl2N2OS. The minimum atomic E-state index is -0.0931. The van der Waals surface area contributed by atoms with E-state index in [1.165, 1.54) is 0 Å². The first kappa shape index (κ1) is 14.2. The molecule has 0 atom stereocenters. The first-order chi connectivity index (χ1) is 9.16. The van der Waals surface area contributed by atoms with Gasteiger partial charge in [0.1, 0.15) is 0 Å². The SMILES string of the molecule is O=C(CNc1cccc(Cl)c1Cl)NCc1cccs1. The maximum absolute atomic E-state index is 11.7. The summed E-state index contributed by atoms with van der Waals surface area (Å²) in [4.78, 5) is 12.8. The summed E-state index contributed by atoms with van der Waals surface area (Å²) in [7, 11) is 0. The van der Waals surface area contributed by atoms with Crippen LogP contribution in [0.2, 0.25) is 10.0 Å². The lowest BCUT2D eigenvalue weighted by Crippen LogP contribution is -2.29. The molecule has 1 aromatic carbocycles. The third-order valence-electron chi connectivity index (χ3n) is 2.43. The highest BCUT2D eigenvalue weighted by molar-refractivity contribution is 7.09. The van der Waals surface area contributed by atoms with Crippen LogP contribution in [0.1, 0.15) is 4.88 Å². The second kappa shape index (κ2) is 6.80. The zero-order valence-electron chi connectivity index (χ0n) is 9.95. The summed E-state index contributed by atoms with van der Waals surface area (Å²) in [5, 5.41) is 8.65. The van der Waals surface area contributed by atoms with Gasteiger partial charge in [-0.1, -0.05) is 35.3 Å². The smallest absolute Gasteiger partial charge is 0.239 e. The largest absolute Gasteiger partial charge is 0.375 e. The van der Waals surface area contributed by atoms with Crippen LogP contribution in [0, 0.1) is 0 Å². The minimum absolute atomic E-state index is 0.0931. The number of anilines is 1. The molecule has 0 unspecified atom stereocenters. The van der Waals surface area contributed by atoms with Gasteiger partial charge in [0, 0.05) is 4.88 Å². The van der Waals surface area contributed by atoms with Crippen LogP contribution < -0.4 is 10.6 Å². The zero-order chi connectivity index (χ0) is 13.7. The highest BCUT2D eigenvalue weighted by atomic mass is 35.5. The van der Waals surface area contributed by atoms with E-state index < -0.39 is 0 Å². The molecule has 0 saturated carbocycles. The molecule has 0 aliphatic heterocycles. The normalized spacial score (nSPS) is 10.2. The van der Waals surface area contributed by atoms with Crippen molar-refractivity contribution in [2.45, 2.75) is 6.54 Å². The van der Waals surface area contributed by atoms with E-state index in [-0.39, 0.29) is 12.5 Å². The molecule has 0 fully saturated rings. The summed E-state index contributed by atoms with van der Waals surface area (Å²) >= 11 is 13.5. The minimum Gasteiger partial charge on any atom is -0.375 e. The Balaban J connectivity index is 1.81. The average Bonchev–Trinajstić information content (AvgIpc) is 2.91. The number of rotatable bonds is 5. The maximum Gasteiger partial charge on any atom is 0.239 e. The van der Waals surface area contributed by atoms with Gasteiger partial charge in [-0.3, -0.25) is 4.79 Å². The van der Waals surface area contributed by atoms with E-state index in [0.29, 0.717) is 22.3 Å². The Morgan fingerprint density at radius 2 is 2.05 bits per heavy atom. The van der Waals surface area contributed by atoms with Crippen molar-refractivity contribution in [3.8, 4) is 0 Å². The van der Waals surface area contributed by atoms with Crippen molar-refractivity contribution in [3.63, 3.8) is 0 Å². The standard InChI is InChI=1S/C13H12Cl2N2OS/c14-10-4-1-5-11(13(10)15)16-8-12(18)17-7-9-3-2-6-19-9/h1-6,16H,7-8H2,(H,17,18). The average molecular weight is 315 g/mol. The van der Waals surface area contributed by atoms with E-state index in [2.05, 4.69) is 10.6 Å². The fraction of sp³-hybridized carbons (Fsp3) is 0.154. The van der Waals surface area contributed by atoms with E-state index in [9.17, 15) is 4.79 Å².